The fourth-order valence-corrected chi connectivity index (χ4v) is 4.20. The Hall–Kier alpha value is -2.61. The van der Waals surface area contributed by atoms with Crippen LogP contribution in [0.25, 0.3) is 11.1 Å². The number of benzene rings is 1. The van der Waals surface area contributed by atoms with E-state index in [0.29, 0.717) is 11.4 Å². The quantitative estimate of drug-likeness (QED) is 0.430. The molecule has 0 fully saturated rings. The average molecular weight is 453 g/mol. The van der Waals surface area contributed by atoms with Crippen molar-refractivity contribution in [3.63, 3.8) is 0 Å². The lowest BCUT2D eigenvalue weighted by molar-refractivity contribution is 0.576. The summed E-state index contributed by atoms with van der Waals surface area (Å²) in [4.78, 5) is 9.34. The second-order valence-electron chi connectivity index (χ2n) is 8.13. The van der Waals surface area contributed by atoms with E-state index < -0.39 is 9.84 Å². The van der Waals surface area contributed by atoms with Gasteiger partial charge in [-0.05, 0) is 74.7 Å². The molecule has 1 aromatic carbocycles. The van der Waals surface area contributed by atoms with Crippen LogP contribution in [0.1, 0.15) is 35.4 Å². The molecule has 0 unspecified atom stereocenters. The molecule has 0 saturated heterocycles. The van der Waals surface area contributed by atoms with Crippen LogP contribution in [0, 0.1) is 13.8 Å². The van der Waals surface area contributed by atoms with Crippen molar-refractivity contribution in [3.05, 3.63) is 77.4 Å². The van der Waals surface area contributed by atoms with Gasteiger partial charge in [0.2, 0.25) is 0 Å². The summed E-state index contributed by atoms with van der Waals surface area (Å²) in [5.41, 5.74) is 6.48. The summed E-state index contributed by atoms with van der Waals surface area (Å²) in [5, 5.41) is 6.94. The molecule has 32 heavy (non-hydrogen) atoms. The first-order chi connectivity index (χ1) is 15.3. The van der Waals surface area contributed by atoms with Crippen LogP contribution in [0.3, 0.4) is 0 Å². The van der Waals surface area contributed by atoms with E-state index in [2.05, 4.69) is 40.5 Å². The number of hydrogen-bond donors (Lipinski definition) is 2. The SMILES string of the molecule is Cc1cnc(CNCCCCNCc2ncccc2-c2ccc(S(C)(=O)=O)cc2)c(C)c1. The first-order valence-corrected chi connectivity index (χ1v) is 12.8. The molecule has 0 saturated carbocycles. The van der Waals surface area contributed by atoms with Crippen LogP contribution in [0.15, 0.2) is 59.8 Å². The Balaban J connectivity index is 1.42. The molecular weight excluding hydrogens is 420 g/mol. The van der Waals surface area contributed by atoms with E-state index in [-0.39, 0.29) is 0 Å². The van der Waals surface area contributed by atoms with Gasteiger partial charge in [-0.25, -0.2) is 8.42 Å². The molecule has 2 N–H and O–H groups in total. The van der Waals surface area contributed by atoms with E-state index in [1.807, 2.05) is 30.5 Å². The van der Waals surface area contributed by atoms with Crippen LogP contribution in [-0.2, 0) is 22.9 Å². The molecule has 7 heteroatoms. The van der Waals surface area contributed by atoms with E-state index in [0.717, 1.165) is 55.0 Å². The number of hydrogen-bond acceptors (Lipinski definition) is 6. The summed E-state index contributed by atoms with van der Waals surface area (Å²) in [7, 11) is -3.20. The van der Waals surface area contributed by atoms with Gasteiger partial charge < -0.3 is 10.6 Å². The number of nitrogens with zero attached hydrogens (tertiary/aromatic N) is 2. The van der Waals surface area contributed by atoms with Crippen molar-refractivity contribution in [2.75, 3.05) is 19.3 Å². The third-order valence-electron chi connectivity index (χ3n) is 5.35. The maximum Gasteiger partial charge on any atom is 0.175 e. The Labute approximate surface area is 191 Å². The normalized spacial score (nSPS) is 11.6. The summed E-state index contributed by atoms with van der Waals surface area (Å²) >= 11 is 0. The minimum absolute atomic E-state index is 0.326. The number of pyridine rings is 2. The highest BCUT2D eigenvalue weighted by Crippen LogP contribution is 2.23. The summed E-state index contributed by atoms with van der Waals surface area (Å²) < 4.78 is 23.4. The van der Waals surface area contributed by atoms with Gasteiger partial charge in [0.15, 0.2) is 9.84 Å². The lowest BCUT2D eigenvalue weighted by atomic mass is 10.0. The fraction of sp³-hybridized carbons (Fsp3) is 0.360. The van der Waals surface area contributed by atoms with Crippen LogP contribution >= 0.6 is 0 Å². The second-order valence-corrected chi connectivity index (χ2v) is 10.1. The van der Waals surface area contributed by atoms with Crippen molar-refractivity contribution in [2.45, 2.75) is 44.7 Å². The van der Waals surface area contributed by atoms with Gasteiger partial charge in [-0.15, -0.1) is 0 Å². The first kappa shape index (κ1) is 24.0. The minimum Gasteiger partial charge on any atom is -0.311 e. The smallest absolute Gasteiger partial charge is 0.175 e. The topological polar surface area (TPSA) is 84.0 Å². The molecule has 0 spiro atoms. The maximum atomic E-state index is 11.7. The van der Waals surface area contributed by atoms with E-state index in [1.165, 1.54) is 17.4 Å². The van der Waals surface area contributed by atoms with Crippen LogP contribution in [-0.4, -0.2) is 37.7 Å². The third-order valence-corrected chi connectivity index (χ3v) is 6.48. The minimum atomic E-state index is -3.20. The zero-order valence-corrected chi connectivity index (χ0v) is 19.9. The highest BCUT2D eigenvalue weighted by molar-refractivity contribution is 7.90. The second kappa shape index (κ2) is 11.3. The Morgan fingerprint density at radius 2 is 1.53 bits per heavy atom. The molecular formula is C25H32N4O2S. The molecule has 2 aromatic heterocycles. The van der Waals surface area contributed by atoms with E-state index in [1.54, 1.807) is 18.3 Å². The summed E-state index contributed by atoms with van der Waals surface area (Å²) in [6, 6.07) is 13.1. The predicted molar refractivity (Wildman–Crippen MR) is 129 cm³/mol. The lowest BCUT2D eigenvalue weighted by Crippen LogP contribution is -2.20. The molecule has 0 aliphatic rings. The third kappa shape index (κ3) is 6.95. The lowest BCUT2D eigenvalue weighted by Gasteiger charge is -2.11. The van der Waals surface area contributed by atoms with Gasteiger partial charge in [0.25, 0.3) is 0 Å². The zero-order chi connectivity index (χ0) is 23.0. The standard InChI is InChI=1S/C25H32N4O2S/c1-19-15-20(2)24(29-16-19)17-26-12-4-5-13-27-18-25-23(7-6-14-28-25)21-8-10-22(11-9-21)32(3,30)31/h6-11,14-16,26-27H,4-5,12-13,17-18H2,1-3H3. The Bertz CT molecular complexity index is 1130. The molecule has 6 nitrogen and oxygen atoms in total. The molecule has 0 aliphatic heterocycles. The predicted octanol–water partition coefficient (Wildman–Crippen LogP) is 3.82. The van der Waals surface area contributed by atoms with Crippen molar-refractivity contribution in [2.24, 2.45) is 0 Å². The summed E-state index contributed by atoms with van der Waals surface area (Å²) in [6.07, 6.45) is 7.08. The van der Waals surface area contributed by atoms with Crippen LogP contribution in [0.2, 0.25) is 0 Å². The Morgan fingerprint density at radius 1 is 0.875 bits per heavy atom. The largest absolute Gasteiger partial charge is 0.311 e. The number of nitrogens with one attached hydrogen (secondary N) is 2. The van der Waals surface area contributed by atoms with Crippen molar-refractivity contribution in [1.29, 1.82) is 0 Å². The number of rotatable bonds is 11. The molecule has 0 amide bonds. The number of aryl methyl sites for hydroxylation is 2. The van der Waals surface area contributed by atoms with Crippen LogP contribution in [0.5, 0.6) is 0 Å². The van der Waals surface area contributed by atoms with Crippen molar-refractivity contribution >= 4 is 9.84 Å². The van der Waals surface area contributed by atoms with E-state index in [4.69, 9.17) is 0 Å². The molecule has 170 valence electrons. The van der Waals surface area contributed by atoms with E-state index >= 15 is 0 Å². The Kier molecular flexibility index (Phi) is 8.50. The van der Waals surface area contributed by atoms with Gasteiger partial charge in [0.05, 0.1) is 16.3 Å². The van der Waals surface area contributed by atoms with Crippen LogP contribution < -0.4 is 10.6 Å². The summed E-state index contributed by atoms with van der Waals surface area (Å²) in [6.45, 7) is 7.50. The van der Waals surface area contributed by atoms with Crippen molar-refractivity contribution in [1.82, 2.24) is 20.6 Å². The van der Waals surface area contributed by atoms with Gasteiger partial charge >= 0.3 is 0 Å². The van der Waals surface area contributed by atoms with Gasteiger partial charge in [-0.1, -0.05) is 24.3 Å². The highest BCUT2D eigenvalue weighted by Gasteiger charge is 2.09. The maximum absolute atomic E-state index is 11.7. The van der Waals surface area contributed by atoms with E-state index in [9.17, 15) is 8.42 Å². The molecule has 0 aliphatic carbocycles. The molecule has 0 atom stereocenters. The number of aromatic nitrogens is 2. The average Bonchev–Trinajstić information content (AvgIpc) is 2.76. The fourth-order valence-electron chi connectivity index (χ4n) is 3.57. The number of sulfone groups is 1. The van der Waals surface area contributed by atoms with Crippen molar-refractivity contribution < 1.29 is 8.42 Å². The van der Waals surface area contributed by atoms with Crippen molar-refractivity contribution in [3.8, 4) is 11.1 Å². The summed E-state index contributed by atoms with van der Waals surface area (Å²) in [5.74, 6) is 0. The molecule has 3 aromatic rings. The molecule has 3 rings (SSSR count). The first-order valence-electron chi connectivity index (χ1n) is 10.9. The molecule has 0 bridgehead atoms. The van der Waals surface area contributed by atoms with Gasteiger partial charge in [-0.2, -0.15) is 0 Å². The number of unbranched alkanes of at least 4 members (excludes halogenated alkanes) is 1. The van der Waals surface area contributed by atoms with Gasteiger partial charge in [-0.3, -0.25) is 9.97 Å². The Morgan fingerprint density at radius 3 is 2.16 bits per heavy atom. The highest BCUT2D eigenvalue weighted by atomic mass is 32.2. The molecule has 2 heterocycles. The monoisotopic (exact) mass is 452 g/mol. The van der Waals surface area contributed by atoms with Crippen LogP contribution in [0.4, 0.5) is 0 Å². The van der Waals surface area contributed by atoms with Gasteiger partial charge in [0.1, 0.15) is 0 Å². The zero-order valence-electron chi connectivity index (χ0n) is 19.1. The molecule has 0 radical (unpaired) electrons. The van der Waals surface area contributed by atoms with Gasteiger partial charge in [0, 0.05) is 37.3 Å².